The van der Waals surface area contributed by atoms with Gasteiger partial charge in [0.1, 0.15) is 22.9 Å². The van der Waals surface area contributed by atoms with Gasteiger partial charge in [-0.15, -0.1) is 0 Å². The van der Waals surface area contributed by atoms with Crippen molar-refractivity contribution in [2.75, 3.05) is 32.7 Å². The highest BCUT2D eigenvalue weighted by atomic mass is 16.5. The molecule has 2 aromatic carbocycles. The van der Waals surface area contributed by atoms with E-state index >= 15 is 0 Å². The number of aromatic nitrogens is 2. The van der Waals surface area contributed by atoms with Gasteiger partial charge >= 0.3 is 0 Å². The van der Waals surface area contributed by atoms with Crippen molar-refractivity contribution in [1.82, 2.24) is 9.78 Å². The van der Waals surface area contributed by atoms with Gasteiger partial charge in [-0.1, -0.05) is 18.2 Å². The number of ether oxygens (including phenoxy) is 3. The Hall–Kier alpha value is -3.15. The third kappa shape index (κ3) is 2.87. The summed E-state index contributed by atoms with van der Waals surface area (Å²) in [5.41, 5.74) is 3.91. The van der Waals surface area contributed by atoms with E-state index in [9.17, 15) is 0 Å². The lowest BCUT2D eigenvalue weighted by Gasteiger charge is -2.13. The van der Waals surface area contributed by atoms with E-state index in [1.165, 1.54) is 5.56 Å². The van der Waals surface area contributed by atoms with Gasteiger partial charge in [0.15, 0.2) is 11.5 Å². The second-order valence-electron chi connectivity index (χ2n) is 6.21. The molecule has 140 valence electrons. The van der Waals surface area contributed by atoms with E-state index in [2.05, 4.69) is 5.32 Å². The normalized spacial score (nSPS) is 12.4. The van der Waals surface area contributed by atoms with Crippen molar-refractivity contribution in [2.45, 2.75) is 13.3 Å². The second kappa shape index (κ2) is 7.23. The average Bonchev–Trinajstić information content (AvgIpc) is 3.31. The molecule has 2 heterocycles. The van der Waals surface area contributed by atoms with Gasteiger partial charge in [0.05, 0.1) is 20.8 Å². The fourth-order valence-electron chi connectivity index (χ4n) is 3.55. The first kappa shape index (κ1) is 17.3. The van der Waals surface area contributed by atoms with Crippen LogP contribution in [0.5, 0.6) is 17.2 Å². The standard InChI is InChI=1S/C21H23N3O3/c1-4-27-17-10-6-5-9-16(17)24-21-15(12-13-22-21)19(23-24)14-8-7-11-18(25-2)20(14)26-3/h5-11,22H,4,12-13H2,1-3H3. The molecular weight excluding hydrogens is 342 g/mol. The van der Waals surface area contributed by atoms with Crippen LogP contribution >= 0.6 is 0 Å². The van der Waals surface area contributed by atoms with E-state index in [1.54, 1.807) is 14.2 Å². The number of nitrogens with one attached hydrogen (secondary N) is 1. The maximum absolute atomic E-state index is 5.81. The Kier molecular flexibility index (Phi) is 4.62. The maximum atomic E-state index is 5.81. The molecule has 3 aromatic rings. The highest BCUT2D eigenvalue weighted by molar-refractivity contribution is 5.79. The highest BCUT2D eigenvalue weighted by Crippen LogP contribution is 2.43. The molecule has 0 fully saturated rings. The van der Waals surface area contributed by atoms with E-state index in [0.29, 0.717) is 18.1 Å². The summed E-state index contributed by atoms with van der Waals surface area (Å²) in [7, 11) is 3.30. The molecule has 0 amide bonds. The van der Waals surface area contributed by atoms with Crippen molar-refractivity contribution in [2.24, 2.45) is 0 Å². The first-order valence-electron chi connectivity index (χ1n) is 9.07. The molecule has 27 heavy (non-hydrogen) atoms. The SMILES string of the molecule is CCOc1ccccc1-n1nc(-c2cccc(OC)c2OC)c2c1NCC2. The third-order valence-corrected chi connectivity index (χ3v) is 4.70. The lowest BCUT2D eigenvalue weighted by atomic mass is 10.1. The molecule has 4 rings (SSSR count). The fourth-order valence-corrected chi connectivity index (χ4v) is 3.55. The first-order chi connectivity index (χ1) is 13.3. The molecule has 0 radical (unpaired) electrons. The Morgan fingerprint density at radius 3 is 2.63 bits per heavy atom. The minimum Gasteiger partial charge on any atom is -0.493 e. The van der Waals surface area contributed by atoms with Crippen LogP contribution in [0.1, 0.15) is 12.5 Å². The predicted molar refractivity (Wildman–Crippen MR) is 105 cm³/mol. The van der Waals surface area contributed by atoms with E-state index in [0.717, 1.165) is 41.5 Å². The van der Waals surface area contributed by atoms with Gasteiger partial charge in [-0.2, -0.15) is 5.10 Å². The summed E-state index contributed by atoms with van der Waals surface area (Å²) in [4.78, 5) is 0. The van der Waals surface area contributed by atoms with Crippen molar-refractivity contribution in [3.63, 3.8) is 0 Å². The molecule has 6 heteroatoms. The largest absolute Gasteiger partial charge is 0.493 e. The van der Waals surface area contributed by atoms with Crippen LogP contribution in [0, 0.1) is 0 Å². The Morgan fingerprint density at radius 2 is 1.85 bits per heavy atom. The number of hydrogen-bond acceptors (Lipinski definition) is 5. The Morgan fingerprint density at radius 1 is 1.04 bits per heavy atom. The van der Waals surface area contributed by atoms with E-state index in [1.807, 2.05) is 54.1 Å². The molecule has 0 saturated carbocycles. The third-order valence-electron chi connectivity index (χ3n) is 4.70. The summed E-state index contributed by atoms with van der Waals surface area (Å²) in [5.74, 6) is 3.20. The summed E-state index contributed by atoms with van der Waals surface area (Å²) >= 11 is 0. The van der Waals surface area contributed by atoms with Crippen molar-refractivity contribution in [1.29, 1.82) is 0 Å². The zero-order chi connectivity index (χ0) is 18.8. The van der Waals surface area contributed by atoms with Crippen molar-refractivity contribution >= 4 is 5.82 Å². The summed E-state index contributed by atoms with van der Waals surface area (Å²) in [5, 5.41) is 8.40. The van der Waals surface area contributed by atoms with Crippen LogP contribution in [-0.2, 0) is 6.42 Å². The van der Waals surface area contributed by atoms with Gasteiger partial charge in [0.25, 0.3) is 0 Å². The molecule has 1 N–H and O–H groups in total. The topological polar surface area (TPSA) is 57.5 Å². The first-order valence-corrected chi connectivity index (χ1v) is 9.07. The Bertz CT molecular complexity index is 965. The zero-order valence-corrected chi connectivity index (χ0v) is 15.8. The van der Waals surface area contributed by atoms with Crippen LogP contribution in [-0.4, -0.2) is 37.2 Å². The Balaban J connectivity index is 1.91. The molecule has 0 atom stereocenters. The summed E-state index contributed by atoms with van der Waals surface area (Å²) in [6.07, 6.45) is 0.905. The molecule has 0 bridgehead atoms. The van der Waals surface area contributed by atoms with Crippen molar-refractivity contribution in [3.05, 3.63) is 48.0 Å². The number of para-hydroxylation sites is 3. The van der Waals surface area contributed by atoms with Crippen LogP contribution in [0.4, 0.5) is 5.82 Å². The minimum absolute atomic E-state index is 0.602. The van der Waals surface area contributed by atoms with Crippen LogP contribution < -0.4 is 19.5 Å². The monoisotopic (exact) mass is 365 g/mol. The number of nitrogens with zero attached hydrogens (tertiary/aromatic N) is 2. The molecule has 0 aliphatic carbocycles. The van der Waals surface area contributed by atoms with Gasteiger partial charge in [-0.05, 0) is 37.6 Å². The van der Waals surface area contributed by atoms with Gasteiger partial charge in [-0.25, -0.2) is 4.68 Å². The quantitative estimate of drug-likeness (QED) is 0.717. The average molecular weight is 365 g/mol. The number of anilines is 1. The molecule has 1 aliphatic heterocycles. The van der Waals surface area contributed by atoms with Crippen LogP contribution in [0.25, 0.3) is 16.9 Å². The molecule has 0 saturated heterocycles. The fraction of sp³-hybridized carbons (Fsp3) is 0.286. The van der Waals surface area contributed by atoms with Gasteiger partial charge in [0.2, 0.25) is 0 Å². The van der Waals surface area contributed by atoms with E-state index < -0.39 is 0 Å². The molecule has 0 spiro atoms. The van der Waals surface area contributed by atoms with Gasteiger partial charge < -0.3 is 19.5 Å². The minimum atomic E-state index is 0.602. The maximum Gasteiger partial charge on any atom is 0.170 e. The van der Waals surface area contributed by atoms with Crippen LogP contribution in [0.2, 0.25) is 0 Å². The lowest BCUT2D eigenvalue weighted by Crippen LogP contribution is -2.06. The molecule has 0 unspecified atom stereocenters. The number of methoxy groups -OCH3 is 2. The highest BCUT2D eigenvalue weighted by Gasteiger charge is 2.27. The smallest absolute Gasteiger partial charge is 0.170 e. The van der Waals surface area contributed by atoms with E-state index in [4.69, 9.17) is 19.3 Å². The number of benzene rings is 2. The lowest BCUT2D eigenvalue weighted by molar-refractivity contribution is 0.338. The molecule has 6 nitrogen and oxygen atoms in total. The Labute approximate surface area is 158 Å². The van der Waals surface area contributed by atoms with E-state index in [-0.39, 0.29) is 0 Å². The van der Waals surface area contributed by atoms with Crippen LogP contribution in [0.15, 0.2) is 42.5 Å². The number of hydrogen-bond donors (Lipinski definition) is 1. The summed E-state index contributed by atoms with van der Waals surface area (Å²) in [6.45, 7) is 3.46. The molecule has 1 aromatic heterocycles. The predicted octanol–water partition coefficient (Wildman–Crippen LogP) is 3.92. The second-order valence-corrected chi connectivity index (χ2v) is 6.21. The van der Waals surface area contributed by atoms with Gasteiger partial charge in [0, 0.05) is 17.7 Å². The van der Waals surface area contributed by atoms with Crippen LogP contribution in [0.3, 0.4) is 0 Å². The number of rotatable bonds is 6. The molecular formula is C21H23N3O3. The van der Waals surface area contributed by atoms with Gasteiger partial charge in [-0.3, -0.25) is 0 Å². The zero-order valence-electron chi connectivity index (χ0n) is 15.8. The number of fused-ring (bicyclic) bond motifs is 1. The summed E-state index contributed by atoms with van der Waals surface area (Å²) in [6, 6.07) is 13.8. The summed E-state index contributed by atoms with van der Waals surface area (Å²) < 4.78 is 18.9. The molecule has 1 aliphatic rings. The van der Waals surface area contributed by atoms with Crippen molar-refractivity contribution in [3.8, 4) is 34.2 Å². The van der Waals surface area contributed by atoms with Crippen molar-refractivity contribution < 1.29 is 14.2 Å².